The molecule has 1 saturated carbocycles. The van der Waals surface area contributed by atoms with Gasteiger partial charge in [0, 0.05) is 13.1 Å². The van der Waals surface area contributed by atoms with Gasteiger partial charge in [0.2, 0.25) is 0 Å². The molecule has 0 unspecified atom stereocenters. The molecule has 76 valence electrons. The maximum absolute atomic E-state index is 13.0. The van der Waals surface area contributed by atoms with E-state index >= 15 is 0 Å². The minimum absolute atomic E-state index is 0.222. The molecular formula is C11H15FN2. The molecule has 0 amide bonds. The molecule has 2 nitrogen and oxygen atoms in total. The van der Waals surface area contributed by atoms with Crippen LogP contribution in [0.1, 0.15) is 19.3 Å². The van der Waals surface area contributed by atoms with Crippen LogP contribution in [0.5, 0.6) is 0 Å². The smallest absolute Gasteiger partial charge is 0.125 e. The average molecular weight is 194 g/mol. The highest BCUT2D eigenvalue weighted by Gasteiger charge is 2.23. The summed E-state index contributed by atoms with van der Waals surface area (Å²) in [5.41, 5.74) is 7.27. The van der Waals surface area contributed by atoms with Crippen molar-refractivity contribution in [2.75, 3.05) is 17.7 Å². The van der Waals surface area contributed by atoms with Gasteiger partial charge in [-0.05, 0) is 37.5 Å². The molecule has 14 heavy (non-hydrogen) atoms. The number of nitrogens with two attached hydrogens (primary N) is 1. The first kappa shape index (κ1) is 9.31. The molecule has 0 spiro atoms. The predicted octanol–water partition coefficient (Wildman–Crippen LogP) is 2.40. The van der Waals surface area contributed by atoms with Gasteiger partial charge in [0.05, 0.1) is 11.4 Å². The zero-order chi connectivity index (χ0) is 10.1. The summed E-state index contributed by atoms with van der Waals surface area (Å²) in [4.78, 5) is 2.09. The van der Waals surface area contributed by atoms with Crippen molar-refractivity contribution >= 4 is 11.4 Å². The van der Waals surface area contributed by atoms with Crippen LogP contribution in [0.2, 0.25) is 0 Å². The quantitative estimate of drug-likeness (QED) is 0.732. The van der Waals surface area contributed by atoms with E-state index in [1.807, 2.05) is 7.05 Å². The van der Waals surface area contributed by atoms with Gasteiger partial charge in [0.1, 0.15) is 5.82 Å². The molecule has 1 aliphatic rings. The number of halogens is 1. The molecule has 1 aromatic rings. The van der Waals surface area contributed by atoms with Gasteiger partial charge in [0.15, 0.2) is 0 Å². The van der Waals surface area contributed by atoms with Crippen LogP contribution in [0.4, 0.5) is 15.8 Å². The summed E-state index contributed by atoms with van der Waals surface area (Å²) in [7, 11) is 1.98. The van der Waals surface area contributed by atoms with Crippen LogP contribution >= 0.6 is 0 Å². The third kappa shape index (κ3) is 1.54. The lowest BCUT2D eigenvalue weighted by Gasteiger charge is -2.36. The maximum atomic E-state index is 13.0. The van der Waals surface area contributed by atoms with E-state index in [-0.39, 0.29) is 5.82 Å². The zero-order valence-corrected chi connectivity index (χ0v) is 8.33. The highest BCUT2D eigenvalue weighted by atomic mass is 19.1. The lowest BCUT2D eigenvalue weighted by atomic mass is 9.91. The van der Waals surface area contributed by atoms with Crippen molar-refractivity contribution in [3.63, 3.8) is 0 Å². The van der Waals surface area contributed by atoms with Gasteiger partial charge in [-0.25, -0.2) is 4.39 Å². The second-order valence-electron chi connectivity index (χ2n) is 3.90. The first-order valence-corrected chi connectivity index (χ1v) is 4.96. The molecule has 2 rings (SSSR count). The standard InChI is InChI=1S/C11H15FN2/c1-14(9-3-2-4-9)11-7-8(12)5-6-10(11)13/h5-7,9H,2-4,13H2,1H3. The van der Waals surface area contributed by atoms with Crippen LogP contribution in [-0.2, 0) is 0 Å². The lowest BCUT2D eigenvalue weighted by Crippen LogP contribution is -2.37. The Kier molecular flexibility index (Phi) is 2.32. The zero-order valence-electron chi connectivity index (χ0n) is 8.33. The third-order valence-electron chi connectivity index (χ3n) is 2.99. The Bertz CT molecular complexity index is 334. The van der Waals surface area contributed by atoms with Gasteiger partial charge in [-0.1, -0.05) is 0 Å². The molecule has 0 aliphatic heterocycles. The SMILES string of the molecule is CN(c1cc(F)ccc1N)C1CCC1. The lowest BCUT2D eigenvalue weighted by molar-refractivity contribution is 0.401. The van der Waals surface area contributed by atoms with Gasteiger partial charge >= 0.3 is 0 Å². The molecule has 0 radical (unpaired) electrons. The molecule has 0 heterocycles. The van der Waals surface area contributed by atoms with Crippen molar-refractivity contribution in [3.05, 3.63) is 24.0 Å². The van der Waals surface area contributed by atoms with E-state index in [0.717, 1.165) is 5.69 Å². The summed E-state index contributed by atoms with van der Waals surface area (Å²) in [5.74, 6) is -0.222. The maximum Gasteiger partial charge on any atom is 0.125 e. The summed E-state index contributed by atoms with van der Waals surface area (Å²) in [6.45, 7) is 0. The van der Waals surface area contributed by atoms with Gasteiger partial charge in [-0.15, -0.1) is 0 Å². The molecule has 0 aromatic heterocycles. The highest BCUT2D eigenvalue weighted by molar-refractivity contribution is 5.67. The summed E-state index contributed by atoms with van der Waals surface area (Å²) in [6.07, 6.45) is 3.64. The second-order valence-corrected chi connectivity index (χ2v) is 3.90. The van der Waals surface area contributed by atoms with Crippen molar-refractivity contribution < 1.29 is 4.39 Å². The van der Waals surface area contributed by atoms with Gasteiger partial charge in [-0.3, -0.25) is 0 Å². The highest BCUT2D eigenvalue weighted by Crippen LogP contribution is 2.31. The molecule has 0 atom stereocenters. The van der Waals surface area contributed by atoms with Crippen molar-refractivity contribution in [2.45, 2.75) is 25.3 Å². The van der Waals surface area contributed by atoms with E-state index in [1.165, 1.54) is 31.4 Å². The fraction of sp³-hybridized carbons (Fsp3) is 0.455. The molecule has 3 heteroatoms. The number of nitrogen functional groups attached to an aromatic ring is 1. The van der Waals surface area contributed by atoms with Crippen molar-refractivity contribution in [2.24, 2.45) is 0 Å². The molecule has 1 aromatic carbocycles. The molecule has 1 fully saturated rings. The summed E-state index contributed by atoms with van der Waals surface area (Å²) < 4.78 is 13.0. The van der Waals surface area contributed by atoms with Gasteiger partial charge < -0.3 is 10.6 Å². The topological polar surface area (TPSA) is 29.3 Å². The van der Waals surface area contributed by atoms with Crippen molar-refractivity contribution in [1.29, 1.82) is 0 Å². The minimum Gasteiger partial charge on any atom is -0.397 e. The van der Waals surface area contributed by atoms with E-state index in [2.05, 4.69) is 4.90 Å². The molecule has 0 saturated heterocycles. The van der Waals surface area contributed by atoms with E-state index in [9.17, 15) is 4.39 Å². The van der Waals surface area contributed by atoms with Crippen molar-refractivity contribution in [1.82, 2.24) is 0 Å². The Labute approximate surface area is 83.5 Å². The minimum atomic E-state index is -0.222. The van der Waals surface area contributed by atoms with Crippen LogP contribution < -0.4 is 10.6 Å². The summed E-state index contributed by atoms with van der Waals surface area (Å²) in [6, 6.07) is 5.07. The van der Waals surface area contributed by atoms with Crippen molar-refractivity contribution in [3.8, 4) is 0 Å². The fourth-order valence-electron chi connectivity index (χ4n) is 1.79. The Hall–Kier alpha value is -1.25. The number of rotatable bonds is 2. The third-order valence-corrected chi connectivity index (χ3v) is 2.99. The molecule has 0 bridgehead atoms. The number of benzene rings is 1. The first-order valence-electron chi connectivity index (χ1n) is 4.96. The predicted molar refractivity (Wildman–Crippen MR) is 56.9 cm³/mol. The Morgan fingerprint density at radius 2 is 2.14 bits per heavy atom. The number of nitrogens with zero attached hydrogens (tertiary/aromatic N) is 1. The number of anilines is 2. The Morgan fingerprint density at radius 1 is 1.43 bits per heavy atom. The van der Waals surface area contributed by atoms with E-state index in [0.29, 0.717) is 11.7 Å². The Balaban J connectivity index is 2.24. The first-order chi connectivity index (χ1) is 6.68. The van der Waals surface area contributed by atoms with Gasteiger partial charge in [0.25, 0.3) is 0 Å². The van der Waals surface area contributed by atoms with Gasteiger partial charge in [-0.2, -0.15) is 0 Å². The molecule has 1 aliphatic carbocycles. The van der Waals surface area contributed by atoms with E-state index in [1.54, 1.807) is 6.07 Å². The van der Waals surface area contributed by atoms with E-state index < -0.39 is 0 Å². The fourth-order valence-corrected chi connectivity index (χ4v) is 1.79. The summed E-state index contributed by atoms with van der Waals surface area (Å²) >= 11 is 0. The van der Waals surface area contributed by atoms with Crippen LogP contribution in [0, 0.1) is 5.82 Å². The van der Waals surface area contributed by atoms with Crippen LogP contribution in [0.15, 0.2) is 18.2 Å². The normalized spacial score (nSPS) is 16.4. The largest absolute Gasteiger partial charge is 0.397 e. The monoisotopic (exact) mass is 194 g/mol. The van der Waals surface area contributed by atoms with Crippen LogP contribution in [0.25, 0.3) is 0 Å². The Morgan fingerprint density at radius 3 is 2.71 bits per heavy atom. The summed E-state index contributed by atoms with van der Waals surface area (Å²) in [5, 5.41) is 0. The van der Waals surface area contributed by atoms with Crippen LogP contribution in [0.3, 0.4) is 0 Å². The van der Waals surface area contributed by atoms with Crippen LogP contribution in [-0.4, -0.2) is 13.1 Å². The number of hydrogen-bond acceptors (Lipinski definition) is 2. The molecule has 2 N–H and O–H groups in total. The second kappa shape index (κ2) is 3.48. The molecular weight excluding hydrogens is 179 g/mol. The average Bonchev–Trinajstić information content (AvgIpc) is 2.06. The van der Waals surface area contributed by atoms with E-state index in [4.69, 9.17) is 5.73 Å². The number of hydrogen-bond donors (Lipinski definition) is 1.